The normalized spacial score (nSPS) is 11.0. The van der Waals surface area contributed by atoms with Gasteiger partial charge >= 0.3 is 29.3 Å². The zero-order valence-corrected chi connectivity index (χ0v) is 34.1. The van der Waals surface area contributed by atoms with Gasteiger partial charge in [-0.25, -0.2) is 39.7 Å². The van der Waals surface area contributed by atoms with Crippen molar-refractivity contribution < 1.29 is 29.0 Å². The first-order valence-corrected chi connectivity index (χ1v) is 25.6. The molecule has 1 fully saturated rings. The van der Waals surface area contributed by atoms with Crippen LogP contribution in [0.4, 0.5) is 0 Å². The molecule has 0 amide bonds. The first-order chi connectivity index (χ1) is 22.8. The lowest BCUT2D eigenvalue weighted by Crippen LogP contribution is -2.06. The Balaban J connectivity index is 0.000000361. The summed E-state index contributed by atoms with van der Waals surface area (Å²) in [6, 6.07) is 32.5. The predicted molar refractivity (Wildman–Crippen MR) is 216 cm³/mol. The molecular formula is C34H26AlCl5I2O6. The molecule has 1 aliphatic heterocycles. The van der Waals surface area contributed by atoms with Gasteiger partial charge in [0.05, 0.1) is 6.42 Å². The van der Waals surface area contributed by atoms with E-state index in [4.69, 9.17) is 58.5 Å². The summed E-state index contributed by atoms with van der Waals surface area (Å²) in [5.41, 5.74) is 4.98. The van der Waals surface area contributed by atoms with Crippen molar-refractivity contribution in [3.8, 4) is 22.3 Å². The number of rotatable bonds is 6. The number of carbonyl (C=O) groups excluding carboxylic acids is 3. The predicted octanol–water partition coefficient (Wildman–Crippen LogP) is 11.7. The van der Waals surface area contributed by atoms with Gasteiger partial charge in [-0.2, -0.15) is 0 Å². The summed E-state index contributed by atoms with van der Waals surface area (Å²) >= 11 is 14.2. The molecule has 1 heterocycles. The highest BCUT2D eigenvalue weighted by molar-refractivity contribution is 15.0. The van der Waals surface area contributed by atoms with Crippen LogP contribution in [0.3, 0.4) is 0 Å². The van der Waals surface area contributed by atoms with Crippen molar-refractivity contribution in [2.45, 2.75) is 12.8 Å². The van der Waals surface area contributed by atoms with Gasteiger partial charge in [0.2, 0.25) is 0 Å². The highest BCUT2D eigenvalue weighted by Gasteiger charge is 2.24. The molecule has 1 aliphatic rings. The van der Waals surface area contributed by atoms with Crippen LogP contribution in [-0.4, -0.2) is 40.2 Å². The average Bonchev–Trinajstić information content (AvgIpc) is 3.37. The van der Waals surface area contributed by atoms with Gasteiger partial charge in [0.1, 0.15) is 0 Å². The number of aliphatic carboxylic acids is 1. The van der Waals surface area contributed by atoms with E-state index in [-0.39, 0.29) is 29.8 Å². The Morgan fingerprint density at radius 2 is 1.10 bits per heavy atom. The van der Waals surface area contributed by atoms with Crippen LogP contribution >= 0.6 is 90.6 Å². The lowest BCUT2D eigenvalue weighted by Gasteiger charge is -2.04. The van der Waals surface area contributed by atoms with E-state index in [1.54, 1.807) is 24.3 Å². The maximum atomic E-state index is 11.9. The van der Waals surface area contributed by atoms with Crippen LogP contribution in [0.2, 0.25) is 10.0 Å². The molecule has 0 unspecified atom stereocenters. The van der Waals surface area contributed by atoms with Gasteiger partial charge in [0.25, 0.3) is 0 Å². The minimum Gasteiger partial charge on any atom is -0.478 e. The Bertz CT molecular complexity index is 1650. The number of carboxylic acids is 1. The summed E-state index contributed by atoms with van der Waals surface area (Å²) in [6.45, 7) is 6.65. The number of carboxylic acid groups (broad SMARTS) is 1. The van der Waals surface area contributed by atoms with E-state index in [1.165, 1.54) is 11.1 Å². The van der Waals surface area contributed by atoms with E-state index in [0.717, 1.165) is 16.1 Å². The molecule has 4 aromatic rings. The van der Waals surface area contributed by atoms with E-state index in [1.807, 2.05) is 66.7 Å². The van der Waals surface area contributed by atoms with Crippen LogP contribution in [0.15, 0.2) is 127 Å². The second-order valence-corrected chi connectivity index (χ2v) is 16.6. The third kappa shape index (κ3) is 17.7. The molecule has 0 spiro atoms. The molecule has 0 aliphatic carbocycles. The maximum absolute atomic E-state index is 11.9. The van der Waals surface area contributed by atoms with Crippen molar-refractivity contribution >= 4 is 126 Å². The molecule has 0 aromatic heterocycles. The highest BCUT2D eigenvalue weighted by atomic mass is 128. The summed E-state index contributed by atoms with van der Waals surface area (Å²) in [6.07, 6.45) is -0.130. The number of ketones is 1. The number of halogens is 7. The Hall–Kier alpha value is -1.92. The lowest BCUT2D eigenvalue weighted by molar-refractivity contribution is -0.151. The fraction of sp³-hybridized carbons (Fsp3) is 0.0588. The maximum Gasteiger partial charge on any atom is 0.643 e. The number of ether oxygens (including phenoxy) is 1. The third-order valence-electron chi connectivity index (χ3n) is 5.87. The number of benzene rings is 4. The number of carbonyl (C=O) groups is 4. The number of hydrogen-bond donors (Lipinski definition) is 1. The van der Waals surface area contributed by atoms with Gasteiger partial charge in [-0.1, -0.05) is 115 Å². The summed E-state index contributed by atoms with van der Waals surface area (Å²) in [5.74, 6) is -2.50. The van der Waals surface area contributed by atoms with Gasteiger partial charge in [-0.15, -0.1) is 0 Å². The molecule has 250 valence electrons. The van der Waals surface area contributed by atoms with E-state index >= 15 is 0 Å². The van der Waals surface area contributed by atoms with E-state index in [2.05, 4.69) is 67.3 Å². The number of esters is 2. The minimum atomic E-state index is -1.72. The molecule has 0 radical (unpaired) electrons. The van der Waals surface area contributed by atoms with Crippen molar-refractivity contribution in [1.82, 2.24) is 0 Å². The van der Waals surface area contributed by atoms with Crippen LogP contribution in [0.1, 0.15) is 23.2 Å². The number of cyclic esters (lactones) is 2. The quantitative estimate of drug-likeness (QED) is 0.0516. The van der Waals surface area contributed by atoms with Crippen LogP contribution in [0, 0.1) is 0 Å². The van der Waals surface area contributed by atoms with Gasteiger partial charge in [-0.05, 0) is 46.5 Å². The smallest absolute Gasteiger partial charge is 0.478 e. The SMILES string of the molecule is C=C(CC(=O)c1ccc(-c2ccc(Cl)cc2)cc1)C(=O)O.C=C1CC(=O)OC1=O.Clc1ccc(-c2ccccc2)cc1.II.[Cl][Al]([Cl])[Cl]. The monoisotopic (exact) mass is 986 g/mol. The zero-order valence-electron chi connectivity index (χ0n) is 24.9. The second kappa shape index (κ2) is 24.3. The second-order valence-electron chi connectivity index (χ2n) is 9.26. The molecule has 0 bridgehead atoms. The van der Waals surface area contributed by atoms with Gasteiger partial charge in [-0.3, -0.25) is 9.59 Å². The third-order valence-corrected chi connectivity index (χ3v) is 6.37. The molecule has 6 nitrogen and oxygen atoms in total. The number of hydrogen-bond acceptors (Lipinski definition) is 5. The Labute approximate surface area is 329 Å². The van der Waals surface area contributed by atoms with Crippen molar-refractivity contribution in [1.29, 1.82) is 0 Å². The molecule has 1 N–H and O–H groups in total. The molecule has 4 aromatic carbocycles. The fourth-order valence-corrected chi connectivity index (χ4v) is 3.85. The van der Waals surface area contributed by atoms with E-state index in [9.17, 15) is 19.2 Å². The summed E-state index contributed by atoms with van der Waals surface area (Å²) < 4.78 is 4.10. The van der Waals surface area contributed by atoms with Crippen LogP contribution < -0.4 is 0 Å². The van der Waals surface area contributed by atoms with Crippen LogP contribution in [0.25, 0.3) is 22.3 Å². The largest absolute Gasteiger partial charge is 0.643 e. The molecule has 5 rings (SSSR count). The van der Waals surface area contributed by atoms with Crippen LogP contribution in [0.5, 0.6) is 0 Å². The molecular weight excluding hydrogens is 962 g/mol. The standard InChI is InChI=1S/C17H13ClO3.C12H9Cl.C5H4O3.Al.3ClH.I2/c1-11(17(20)21)10-16(19)14-4-2-12(3-5-14)13-6-8-15(18)9-7-13;13-12-8-6-11(7-9-12)10-4-2-1-3-5-10;1-3-2-4(6)8-5(3)7;;;;;1-2/h2-9H,1,10H2,(H,20,21);1-9H;1-2H2;;3*1H;/q;;;+3;;;;/p-3. The molecule has 14 heteroatoms. The van der Waals surface area contributed by atoms with E-state index in [0.29, 0.717) is 10.6 Å². The van der Waals surface area contributed by atoms with Gasteiger partial charge in [0.15, 0.2) is 5.78 Å². The highest BCUT2D eigenvalue weighted by Crippen LogP contribution is 2.23. The first kappa shape index (κ1) is 44.1. The summed E-state index contributed by atoms with van der Waals surface area (Å²) in [7, 11) is 14.8. The minimum absolute atomic E-state index is 0.0544. The van der Waals surface area contributed by atoms with Crippen molar-refractivity contribution in [2.24, 2.45) is 0 Å². The number of Topliss-reactive ketones (excluding diaryl/α,β-unsaturated/α-hetero) is 1. The Kier molecular flexibility index (Phi) is 22.3. The molecule has 48 heavy (non-hydrogen) atoms. The van der Waals surface area contributed by atoms with E-state index < -0.39 is 29.3 Å². The zero-order chi connectivity index (χ0) is 36.2. The van der Waals surface area contributed by atoms with Gasteiger partial charge < -0.3 is 9.84 Å². The first-order valence-electron chi connectivity index (χ1n) is 13.4. The van der Waals surface area contributed by atoms with Crippen molar-refractivity contribution in [2.75, 3.05) is 0 Å². The fourth-order valence-electron chi connectivity index (χ4n) is 3.59. The van der Waals surface area contributed by atoms with Crippen molar-refractivity contribution in [3.63, 3.8) is 0 Å². The molecule has 0 saturated carbocycles. The Morgan fingerprint density at radius 1 is 0.729 bits per heavy atom. The average molecular weight is 989 g/mol. The van der Waals surface area contributed by atoms with Gasteiger partial charge in [0, 0.05) is 70.4 Å². The van der Waals surface area contributed by atoms with Crippen molar-refractivity contribution in [3.05, 3.63) is 143 Å². The molecule has 0 atom stereocenters. The summed E-state index contributed by atoms with van der Waals surface area (Å²) in [5, 5.41) is 10.2. The summed E-state index contributed by atoms with van der Waals surface area (Å²) in [4.78, 5) is 43.0. The lowest BCUT2D eigenvalue weighted by atomic mass is 10.00. The topological polar surface area (TPSA) is 97.7 Å². The molecule has 1 saturated heterocycles. The van der Waals surface area contributed by atoms with Crippen LogP contribution in [-0.2, 0) is 19.1 Å². The Morgan fingerprint density at radius 3 is 1.42 bits per heavy atom.